The van der Waals surface area contributed by atoms with Gasteiger partial charge in [0.25, 0.3) is 0 Å². The van der Waals surface area contributed by atoms with E-state index in [1.807, 2.05) is 18.2 Å². The van der Waals surface area contributed by atoms with Crippen LogP contribution in [-0.4, -0.2) is 0 Å². The number of rotatable bonds is 6. The largest absolute Gasteiger partial charge is 0.324 e. The Morgan fingerprint density at radius 3 is 2.31 bits per heavy atom. The molecule has 16 heavy (non-hydrogen) atoms. The summed E-state index contributed by atoms with van der Waals surface area (Å²) in [5, 5.41) is 0.777. The van der Waals surface area contributed by atoms with Crippen LogP contribution in [0.1, 0.15) is 51.1 Å². The molecule has 0 radical (unpaired) electrons. The Balaban J connectivity index is 2.76. The molecule has 1 aromatic rings. The van der Waals surface area contributed by atoms with Gasteiger partial charge in [-0.1, -0.05) is 50.4 Å². The summed E-state index contributed by atoms with van der Waals surface area (Å²) in [6.07, 6.45) is 4.78. The fraction of sp³-hybridized carbons (Fsp3) is 0.571. The highest BCUT2D eigenvalue weighted by atomic mass is 35.5. The van der Waals surface area contributed by atoms with Crippen LogP contribution in [0.2, 0.25) is 5.02 Å². The van der Waals surface area contributed by atoms with E-state index in [1.165, 1.54) is 31.2 Å². The summed E-state index contributed by atoms with van der Waals surface area (Å²) in [5.41, 5.74) is 7.49. The average Bonchev–Trinajstić information content (AvgIpc) is 2.28. The van der Waals surface area contributed by atoms with Gasteiger partial charge in [0.1, 0.15) is 0 Å². The van der Waals surface area contributed by atoms with Crippen LogP contribution in [0.5, 0.6) is 0 Å². The lowest BCUT2D eigenvalue weighted by atomic mass is 9.87. The average molecular weight is 240 g/mol. The zero-order chi connectivity index (χ0) is 12.0. The Kier molecular flexibility index (Phi) is 5.86. The molecule has 1 nitrogen and oxygen atoms in total. The Morgan fingerprint density at radius 1 is 1.19 bits per heavy atom. The molecule has 2 heteroatoms. The minimum Gasteiger partial charge on any atom is -0.324 e. The Hall–Kier alpha value is -0.530. The fourth-order valence-corrected chi connectivity index (χ4v) is 2.43. The molecule has 0 aliphatic rings. The quantitative estimate of drug-likeness (QED) is 0.774. The molecule has 0 aliphatic heterocycles. The van der Waals surface area contributed by atoms with Crippen molar-refractivity contribution < 1.29 is 0 Å². The maximum Gasteiger partial charge on any atom is 0.0409 e. The molecule has 0 aromatic heterocycles. The van der Waals surface area contributed by atoms with Crippen molar-refractivity contribution in [2.75, 3.05) is 0 Å². The molecule has 2 N–H and O–H groups in total. The molecule has 0 spiro atoms. The fourth-order valence-electron chi connectivity index (χ4n) is 2.23. The van der Waals surface area contributed by atoms with E-state index in [0.29, 0.717) is 5.92 Å². The van der Waals surface area contributed by atoms with Crippen molar-refractivity contribution in [1.29, 1.82) is 0 Å². The van der Waals surface area contributed by atoms with Gasteiger partial charge in [0, 0.05) is 11.1 Å². The number of hydrogen-bond acceptors (Lipinski definition) is 1. The number of halogens is 1. The molecule has 90 valence electrons. The molecule has 0 bridgehead atoms. The third-order valence-electron chi connectivity index (χ3n) is 3.06. The topological polar surface area (TPSA) is 26.0 Å². The van der Waals surface area contributed by atoms with E-state index in [4.69, 9.17) is 17.3 Å². The lowest BCUT2D eigenvalue weighted by Gasteiger charge is -2.23. The highest BCUT2D eigenvalue weighted by Gasteiger charge is 2.17. The first-order valence-corrected chi connectivity index (χ1v) is 6.57. The molecule has 0 fully saturated rings. The van der Waals surface area contributed by atoms with Crippen molar-refractivity contribution in [2.24, 2.45) is 11.7 Å². The van der Waals surface area contributed by atoms with Crippen molar-refractivity contribution in [3.8, 4) is 0 Å². The van der Waals surface area contributed by atoms with Gasteiger partial charge in [0.15, 0.2) is 0 Å². The molecular weight excluding hydrogens is 218 g/mol. The molecule has 0 aliphatic carbocycles. The third kappa shape index (κ3) is 3.80. The maximum absolute atomic E-state index is 6.32. The van der Waals surface area contributed by atoms with Crippen molar-refractivity contribution >= 4 is 11.6 Å². The van der Waals surface area contributed by atoms with Gasteiger partial charge in [-0.05, 0) is 36.5 Å². The summed E-state index contributed by atoms with van der Waals surface area (Å²) < 4.78 is 0. The molecule has 1 atom stereocenters. The van der Waals surface area contributed by atoms with Crippen LogP contribution in [-0.2, 0) is 0 Å². The van der Waals surface area contributed by atoms with Crippen LogP contribution in [0.25, 0.3) is 0 Å². The first kappa shape index (κ1) is 13.5. The van der Waals surface area contributed by atoms with Crippen molar-refractivity contribution in [3.05, 3.63) is 34.9 Å². The van der Waals surface area contributed by atoms with Crippen LogP contribution in [0.3, 0.4) is 0 Å². The minimum absolute atomic E-state index is 0.124. The Morgan fingerprint density at radius 2 is 1.81 bits per heavy atom. The molecule has 0 heterocycles. The van der Waals surface area contributed by atoms with Crippen LogP contribution in [0.4, 0.5) is 0 Å². The monoisotopic (exact) mass is 239 g/mol. The van der Waals surface area contributed by atoms with Gasteiger partial charge in [-0.15, -0.1) is 0 Å². The lowest BCUT2D eigenvalue weighted by molar-refractivity contribution is 0.369. The van der Waals surface area contributed by atoms with E-state index in [1.54, 1.807) is 0 Å². The second-order valence-electron chi connectivity index (χ2n) is 4.42. The number of hydrogen-bond donors (Lipinski definition) is 1. The summed E-state index contributed by atoms with van der Waals surface area (Å²) in [5.74, 6) is 0.577. The van der Waals surface area contributed by atoms with Crippen LogP contribution >= 0.6 is 11.6 Å². The van der Waals surface area contributed by atoms with Crippen LogP contribution < -0.4 is 5.73 Å². The second kappa shape index (κ2) is 6.93. The van der Waals surface area contributed by atoms with Gasteiger partial charge in [-0.25, -0.2) is 0 Å². The van der Waals surface area contributed by atoms with E-state index < -0.39 is 0 Å². The van der Waals surface area contributed by atoms with Crippen molar-refractivity contribution in [1.82, 2.24) is 0 Å². The molecule has 0 saturated heterocycles. The van der Waals surface area contributed by atoms with Crippen molar-refractivity contribution in [3.63, 3.8) is 0 Å². The second-order valence-corrected chi connectivity index (χ2v) is 4.85. The summed E-state index contributed by atoms with van der Waals surface area (Å²) in [6, 6.07) is 8.07. The predicted molar refractivity (Wildman–Crippen MR) is 71.7 cm³/mol. The molecule has 0 saturated carbocycles. The Bertz CT molecular complexity index is 305. The summed E-state index contributed by atoms with van der Waals surface area (Å²) in [4.78, 5) is 0. The van der Waals surface area contributed by atoms with Crippen LogP contribution in [0, 0.1) is 5.92 Å². The van der Waals surface area contributed by atoms with Gasteiger partial charge >= 0.3 is 0 Å². The van der Waals surface area contributed by atoms with E-state index in [2.05, 4.69) is 19.9 Å². The van der Waals surface area contributed by atoms with E-state index in [9.17, 15) is 0 Å². The van der Waals surface area contributed by atoms with Gasteiger partial charge in [0.2, 0.25) is 0 Å². The van der Waals surface area contributed by atoms with Gasteiger partial charge in [0.05, 0.1) is 0 Å². The molecule has 1 aromatic carbocycles. The highest BCUT2D eigenvalue weighted by molar-refractivity contribution is 6.30. The van der Waals surface area contributed by atoms with E-state index in [-0.39, 0.29) is 6.04 Å². The summed E-state index contributed by atoms with van der Waals surface area (Å²) in [7, 11) is 0. The zero-order valence-electron chi connectivity index (χ0n) is 10.2. The van der Waals surface area contributed by atoms with E-state index in [0.717, 1.165) is 5.02 Å². The maximum atomic E-state index is 6.32. The normalized spacial score (nSPS) is 13.1. The van der Waals surface area contributed by atoms with E-state index >= 15 is 0 Å². The Labute approximate surface area is 104 Å². The predicted octanol–water partition coefficient (Wildman–Crippen LogP) is 4.56. The lowest BCUT2D eigenvalue weighted by Crippen LogP contribution is -2.21. The number of nitrogens with two attached hydrogens (primary N) is 1. The summed E-state index contributed by atoms with van der Waals surface area (Å²) in [6.45, 7) is 4.43. The van der Waals surface area contributed by atoms with Gasteiger partial charge in [-0.3, -0.25) is 0 Å². The van der Waals surface area contributed by atoms with Gasteiger partial charge < -0.3 is 5.73 Å². The SMILES string of the molecule is CCCC(CCC)C(N)c1cccc(Cl)c1. The molecular formula is C14H22ClN. The first-order valence-electron chi connectivity index (χ1n) is 6.20. The highest BCUT2D eigenvalue weighted by Crippen LogP contribution is 2.28. The zero-order valence-corrected chi connectivity index (χ0v) is 11.0. The number of benzene rings is 1. The third-order valence-corrected chi connectivity index (χ3v) is 3.30. The standard InChI is InChI=1S/C14H22ClN/c1-3-6-11(7-4-2)14(16)12-8-5-9-13(15)10-12/h5,8-11,14H,3-4,6-7,16H2,1-2H3. The molecule has 1 unspecified atom stereocenters. The minimum atomic E-state index is 0.124. The van der Waals surface area contributed by atoms with Crippen molar-refractivity contribution in [2.45, 2.75) is 45.6 Å². The first-order chi connectivity index (χ1) is 7.69. The van der Waals surface area contributed by atoms with Crippen LogP contribution in [0.15, 0.2) is 24.3 Å². The summed E-state index contributed by atoms with van der Waals surface area (Å²) >= 11 is 5.99. The van der Waals surface area contributed by atoms with Gasteiger partial charge in [-0.2, -0.15) is 0 Å². The molecule has 0 amide bonds. The smallest absolute Gasteiger partial charge is 0.0409 e. The molecule has 1 rings (SSSR count).